The van der Waals surface area contributed by atoms with Gasteiger partial charge in [-0.25, -0.2) is 0 Å². The molecule has 0 radical (unpaired) electrons. The number of hydrogen-bond acceptors (Lipinski definition) is 14. The van der Waals surface area contributed by atoms with Gasteiger partial charge in [0, 0.05) is 0 Å². The van der Waals surface area contributed by atoms with Crippen molar-refractivity contribution in [1.82, 2.24) is 0 Å². The predicted molar refractivity (Wildman–Crippen MR) is 114 cm³/mol. The van der Waals surface area contributed by atoms with Crippen molar-refractivity contribution in [2.45, 2.75) is 0 Å². The molecule has 4 N–H and O–H groups in total. The summed E-state index contributed by atoms with van der Waals surface area (Å²) >= 11 is 2.10. The van der Waals surface area contributed by atoms with E-state index in [0.29, 0.717) is 0 Å². The summed E-state index contributed by atoms with van der Waals surface area (Å²) in [6.45, 7) is 0. The number of nitrogens with two attached hydrogens (primary N) is 2. The first-order chi connectivity index (χ1) is 18.8. The zero-order valence-corrected chi connectivity index (χ0v) is 24.9. The maximum atomic E-state index is 10.2. The van der Waals surface area contributed by atoms with E-state index in [1.165, 1.54) is 0 Å². The molecule has 0 saturated carbocycles. The number of aromatic carboxylic acids is 6. The van der Waals surface area contributed by atoms with Crippen LogP contribution in [0.1, 0.15) is 62.1 Å². The average molecular weight is 707 g/mol. The summed E-state index contributed by atoms with van der Waals surface area (Å²) in [4.78, 5) is 61.2. The second-order valence-electron chi connectivity index (χ2n) is 6.46. The van der Waals surface area contributed by atoms with Gasteiger partial charge in [0.1, 0.15) is 0 Å². The van der Waals surface area contributed by atoms with Crippen molar-refractivity contribution in [3.05, 3.63) is 106 Å². The Balaban J connectivity index is 0. The fourth-order valence-corrected chi connectivity index (χ4v) is 2.23. The van der Waals surface area contributed by atoms with Crippen LogP contribution in [-0.2, 0) is 50.0 Å². The molecule has 0 aliphatic heterocycles. The van der Waals surface area contributed by atoms with E-state index in [9.17, 15) is 59.4 Å². The third-order valence-corrected chi connectivity index (χ3v) is 4.07. The van der Waals surface area contributed by atoms with Crippen LogP contribution in [0.5, 0.6) is 0 Å². The van der Waals surface area contributed by atoms with Gasteiger partial charge >= 0.3 is 57.4 Å². The Hall–Kier alpha value is -3.83. The van der Waals surface area contributed by atoms with Crippen LogP contribution in [0.4, 0.5) is 0 Å². The van der Waals surface area contributed by atoms with Gasteiger partial charge in [-0.2, -0.15) is 0 Å². The zero-order valence-electron chi connectivity index (χ0n) is 20.0. The fraction of sp³-hybridized carbons (Fsp3) is 0. The standard InChI is InChI=1S/3C8H6O4.2H2N.2Zr/c3*9-7(10)5-1-2-6(4-3-5)8(11)12;;;;/h3*1-4H,(H,9,10)(H,11,12);2*1H2;;/q;;;2*-1;2*+4/p-6. The summed E-state index contributed by atoms with van der Waals surface area (Å²) in [6, 6.07) is 13.8. The molecule has 3 aromatic carbocycles. The van der Waals surface area contributed by atoms with Gasteiger partial charge in [0.25, 0.3) is 0 Å². The number of carboxylic acid groups (broad SMARTS) is 6. The maximum absolute atomic E-state index is 10.2. The van der Waals surface area contributed by atoms with Gasteiger partial charge in [-0.15, -0.1) is 0 Å². The van der Waals surface area contributed by atoms with Gasteiger partial charge in [0.15, 0.2) is 0 Å². The van der Waals surface area contributed by atoms with E-state index in [2.05, 4.69) is 7.35 Å². The molecule has 3 aromatic rings. The first-order valence-corrected chi connectivity index (χ1v) is 12.8. The van der Waals surface area contributed by atoms with Crippen molar-refractivity contribution in [3.63, 3.8) is 0 Å². The quantitative estimate of drug-likeness (QED) is 0.241. The van der Waals surface area contributed by atoms with Crippen molar-refractivity contribution in [3.8, 4) is 0 Å². The Morgan fingerprint density at radius 3 is 0.450 bits per heavy atom. The van der Waals surface area contributed by atoms with Crippen LogP contribution in [-0.4, -0.2) is 35.8 Å². The Kier molecular flexibility index (Phi) is 20.2. The summed E-state index contributed by atoms with van der Waals surface area (Å²) in [6.07, 6.45) is 0. The molecule has 0 aromatic heterocycles. The van der Waals surface area contributed by atoms with Gasteiger partial charge in [-0.1, -0.05) is 72.8 Å². The van der Waals surface area contributed by atoms with E-state index >= 15 is 0 Å². The Labute approximate surface area is 257 Å². The molecule has 202 valence electrons. The SMILES string of the molecule is O=C([O-])c1ccc(C(=O)[O-])cc1.O=C([O-])c1ccc(C(=O)[O-])cc1.O=C([O-])c1ccc(C(=O)[O-])cc1.[NH2][Zr+3].[NH2][Zr+3]. The van der Waals surface area contributed by atoms with E-state index < -0.39 is 35.8 Å². The first-order valence-electron chi connectivity index (χ1n) is 9.99. The van der Waals surface area contributed by atoms with Crippen LogP contribution in [0.15, 0.2) is 72.8 Å². The summed E-state index contributed by atoms with van der Waals surface area (Å²) in [5, 5.41) is 61.2. The van der Waals surface area contributed by atoms with Crippen LogP contribution in [0.2, 0.25) is 0 Å². The summed E-state index contributed by atoms with van der Waals surface area (Å²) in [5.41, 5.74) is -0.333. The molecule has 0 bridgehead atoms. The molecule has 0 heterocycles. The third kappa shape index (κ3) is 14.9. The predicted octanol–water partition coefficient (Wildman–Crippen LogP) is -5.95. The molecular weight excluding hydrogens is 691 g/mol. The minimum absolute atomic E-state index is 0.0556. The van der Waals surface area contributed by atoms with Gasteiger partial charge in [0.2, 0.25) is 0 Å². The summed E-state index contributed by atoms with van der Waals surface area (Å²) < 4.78 is 9.18. The van der Waals surface area contributed by atoms with Gasteiger partial charge in [0.05, 0.1) is 35.8 Å². The van der Waals surface area contributed by atoms with Crippen LogP contribution >= 0.6 is 0 Å². The number of carbonyl (C=O) groups is 6. The van der Waals surface area contributed by atoms with Gasteiger partial charge in [-0.3, -0.25) is 0 Å². The van der Waals surface area contributed by atoms with Crippen LogP contribution < -0.4 is 38.0 Å². The molecule has 0 aliphatic rings. The average Bonchev–Trinajstić information content (AvgIpc) is 2.96. The molecular formula is C24H16N2O12Zr2. The van der Waals surface area contributed by atoms with Gasteiger partial charge < -0.3 is 59.4 Å². The molecule has 16 heteroatoms. The van der Waals surface area contributed by atoms with Crippen molar-refractivity contribution in [2.75, 3.05) is 0 Å². The zero-order chi connectivity index (χ0) is 31.4. The molecule has 0 unspecified atom stereocenters. The molecule has 0 amide bonds. The summed E-state index contributed by atoms with van der Waals surface area (Å²) in [5.74, 6) is -8.00. The molecule has 0 fully saturated rings. The number of carbonyl (C=O) groups excluding carboxylic acids is 6. The van der Waals surface area contributed by atoms with E-state index in [1.54, 1.807) is 0 Å². The third-order valence-electron chi connectivity index (χ3n) is 4.07. The topological polar surface area (TPSA) is 293 Å². The first kappa shape index (κ1) is 38.3. The van der Waals surface area contributed by atoms with Crippen molar-refractivity contribution >= 4 is 35.8 Å². The van der Waals surface area contributed by atoms with E-state index in [4.69, 9.17) is 0 Å². The van der Waals surface area contributed by atoms with Crippen molar-refractivity contribution < 1.29 is 109 Å². The Morgan fingerprint density at radius 2 is 0.400 bits per heavy atom. The molecule has 0 spiro atoms. The molecule has 14 nitrogen and oxygen atoms in total. The van der Waals surface area contributed by atoms with Crippen molar-refractivity contribution in [1.29, 1.82) is 0 Å². The fourth-order valence-electron chi connectivity index (χ4n) is 2.23. The van der Waals surface area contributed by atoms with E-state index in [0.717, 1.165) is 123 Å². The molecule has 0 aliphatic carbocycles. The molecule has 0 saturated heterocycles. The van der Waals surface area contributed by atoms with Crippen LogP contribution in [0, 0.1) is 0 Å². The second-order valence-corrected chi connectivity index (χ2v) is 6.46. The van der Waals surface area contributed by atoms with Crippen molar-refractivity contribution in [2.24, 2.45) is 7.35 Å². The molecule has 0 atom stereocenters. The number of benzene rings is 3. The van der Waals surface area contributed by atoms with E-state index in [-0.39, 0.29) is 33.4 Å². The second kappa shape index (κ2) is 21.0. The van der Waals surface area contributed by atoms with Crippen LogP contribution in [0.25, 0.3) is 0 Å². The molecule has 3 rings (SSSR count). The van der Waals surface area contributed by atoms with Gasteiger partial charge in [-0.05, 0) is 33.4 Å². The van der Waals surface area contributed by atoms with E-state index in [1.807, 2.05) is 0 Å². The number of rotatable bonds is 6. The van der Waals surface area contributed by atoms with Crippen LogP contribution in [0.3, 0.4) is 0 Å². The summed E-state index contributed by atoms with van der Waals surface area (Å²) in [7, 11) is 0. The number of carboxylic acids is 6. The Bertz CT molecular complexity index is 1020. The monoisotopic (exact) mass is 704 g/mol. The number of hydrogen-bond donors (Lipinski definition) is 2. The Morgan fingerprint density at radius 1 is 0.325 bits per heavy atom. The molecule has 40 heavy (non-hydrogen) atoms. The normalized spacial score (nSPS) is 8.75. The minimum atomic E-state index is -1.33.